The number of anilines is 2. The summed E-state index contributed by atoms with van der Waals surface area (Å²) in [5.41, 5.74) is 22.9. The summed E-state index contributed by atoms with van der Waals surface area (Å²) in [5.74, 6) is 0.313. The van der Waals surface area contributed by atoms with Crippen molar-refractivity contribution < 1.29 is 0 Å². The van der Waals surface area contributed by atoms with Crippen LogP contribution in [0.25, 0.3) is 38.6 Å². The number of allylic oxidation sites excluding steroid dienone is 6. The smallest absolute Gasteiger partial charge is 0.0490 e. The van der Waals surface area contributed by atoms with Crippen LogP contribution in [0.1, 0.15) is 85.9 Å². The number of benzene rings is 7. The summed E-state index contributed by atoms with van der Waals surface area (Å²) in [4.78, 5) is 2.41. The van der Waals surface area contributed by atoms with E-state index in [2.05, 4.69) is 217 Å². The lowest BCUT2D eigenvalue weighted by Gasteiger charge is -2.33. The lowest BCUT2D eigenvalue weighted by atomic mass is 9.71. The Morgan fingerprint density at radius 2 is 1.33 bits per heavy atom. The van der Waals surface area contributed by atoms with E-state index in [-0.39, 0.29) is 10.8 Å². The molecule has 0 fully saturated rings. The molecule has 0 saturated heterocycles. The molecule has 0 aromatic heterocycles. The summed E-state index contributed by atoms with van der Waals surface area (Å²) in [7, 11) is 0. The molecular weight excluding hydrogens is 723 g/mol. The van der Waals surface area contributed by atoms with Crippen molar-refractivity contribution in [1.29, 1.82) is 0 Å². The standard InChI is InChI=1S/C59H53N/c1-9-43-51(58(5,6)53-35-49(40-20-12-10-13-21-40)44-24-16-18-26-46(44)56(43)53)33-39(4)60(55-31-28-37(2)32-38(55)3)42-29-30-48-52(34-42)59(7,8)54-36-50(41-22-14-11-15-23-41)45-25-17-19-27-47(45)57(48)54/h9-34,36,49H,4,35H2,1-3,5-8H3/b43-9+,51-33+. The Morgan fingerprint density at radius 1 is 0.650 bits per heavy atom. The molecule has 1 unspecified atom stereocenters. The highest BCUT2D eigenvalue weighted by atomic mass is 15.1. The van der Waals surface area contributed by atoms with Gasteiger partial charge in [-0.25, -0.2) is 0 Å². The van der Waals surface area contributed by atoms with Gasteiger partial charge in [0.1, 0.15) is 0 Å². The molecule has 0 N–H and O–H groups in total. The van der Waals surface area contributed by atoms with E-state index in [0.29, 0.717) is 5.92 Å². The Hall–Kier alpha value is -6.44. The van der Waals surface area contributed by atoms with Crippen LogP contribution in [0.4, 0.5) is 11.4 Å². The SMILES string of the molecule is C=C(/C=C1\C(=C/C)C2=C(CC(c3ccccc3)c3ccccc32)C1(C)C)N(c1ccc2c(c1)C(C)(C)c1cc(-c3ccccc3)c3ccccc3c1-2)c1ccc(C)cc1C. The fourth-order valence-electron chi connectivity index (χ4n) is 11.0. The molecule has 1 atom stereocenters. The molecule has 7 aromatic rings. The molecule has 0 aliphatic heterocycles. The van der Waals surface area contributed by atoms with Crippen LogP contribution in [0.15, 0.2) is 193 Å². The van der Waals surface area contributed by atoms with Gasteiger partial charge >= 0.3 is 0 Å². The van der Waals surface area contributed by atoms with Crippen molar-refractivity contribution in [3.05, 3.63) is 232 Å². The van der Waals surface area contributed by atoms with Crippen LogP contribution < -0.4 is 4.90 Å². The van der Waals surface area contributed by atoms with E-state index in [1.165, 1.54) is 94.3 Å². The summed E-state index contributed by atoms with van der Waals surface area (Å²) in [6.45, 7) is 21.2. The van der Waals surface area contributed by atoms with E-state index < -0.39 is 0 Å². The Labute approximate surface area is 356 Å². The molecule has 7 aromatic carbocycles. The molecule has 3 aliphatic carbocycles. The first-order valence-corrected chi connectivity index (χ1v) is 21.6. The van der Waals surface area contributed by atoms with Crippen LogP contribution in [0.3, 0.4) is 0 Å². The number of rotatable bonds is 6. The summed E-state index contributed by atoms with van der Waals surface area (Å²) in [6.07, 6.45) is 5.74. The molecule has 3 aliphatic rings. The van der Waals surface area contributed by atoms with Crippen LogP contribution in [0, 0.1) is 19.3 Å². The van der Waals surface area contributed by atoms with Gasteiger partial charge in [-0.05, 0) is 141 Å². The maximum absolute atomic E-state index is 4.95. The highest BCUT2D eigenvalue weighted by Gasteiger charge is 2.45. The zero-order valence-electron chi connectivity index (χ0n) is 36.0. The Bertz CT molecular complexity index is 2990. The normalized spacial score (nSPS) is 18.4. The van der Waals surface area contributed by atoms with Crippen molar-refractivity contribution in [3.8, 4) is 22.3 Å². The first-order chi connectivity index (χ1) is 29.0. The van der Waals surface area contributed by atoms with E-state index in [0.717, 1.165) is 23.5 Å². The fraction of sp³-hybridized carbons (Fsp3) is 0.186. The highest BCUT2D eigenvalue weighted by Crippen LogP contribution is 2.61. The van der Waals surface area contributed by atoms with Crippen molar-refractivity contribution in [1.82, 2.24) is 0 Å². The van der Waals surface area contributed by atoms with Crippen molar-refractivity contribution in [3.63, 3.8) is 0 Å². The molecular formula is C59H53N. The predicted molar refractivity (Wildman–Crippen MR) is 256 cm³/mol. The first-order valence-electron chi connectivity index (χ1n) is 21.6. The maximum Gasteiger partial charge on any atom is 0.0490 e. The van der Waals surface area contributed by atoms with Crippen LogP contribution in [0.5, 0.6) is 0 Å². The van der Waals surface area contributed by atoms with Gasteiger partial charge in [-0.1, -0.05) is 179 Å². The Morgan fingerprint density at radius 3 is 2.07 bits per heavy atom. The monoisotopic (exact) mass is 775 g/mol. The summed E-state index contributed by atoms with van der Waals surface area (Å²) < 4.78 is 0. The second-order valence-electron chi connectivity index (χ2n) is 18.2. The molecule has 0 spiro atoms. The van der Waals surface area contributed by atoms with Crippen molar-refractivity contribution in [2.75, 3.05) is 4.90 Å². The highest BCUT2D eigenvalue weighted by molar-refractivity contribution is 6.09. The summed E-state index contributed by atoms with van der Waals surface area (Å²) in [5, 5.41) is 2.60. The Balaban J connectivity index is 1.11. The van der Waals surface area contributed by atoms with Crippen molar-refractivity contribution in [2.45, 2.75) is 66.2 Å². The third-order valence-corrected chi connectivity index (χ3v) is 14.0. The number of hydrogen-bond donors (Lipinski definition) is 0. The molecule has 294 valence electrons. The van der Waals surface area contributed by atoms with Crippen LogP contribution in [-0.2, 0) is 5.41 Å². The molecule has 1 nitrogen and oxygen atoms in total. The fourth-order valence-corrected chi connectivity index (χ4v) is 11.0. The molecule has 0 bridgehead atoms. The van der Waals surface area contributed by atoms with Crippen LogP contribution in [-0.4, -0.2) is 0 Å². The molecule has 0 radical (unpaired) electrons. The number of aryl methyl sites for hydroxylation is 2. The van der Waals surface area contributed by atoms with Crippen LogP contribution >= 0.6 is 0 Å². The van der Waals surface area contributed by atoms with Crippen molar-refractivity contribution in [2.24, 2.45) is 5.41 Å². The summed E-state index contributed by atoms with van der Waals surface area (Å²) >= 11 is 0. The average molecular weight is 776 g/mol. The number of nitrogens with zero attached hydrogens (tertiary/aromatic N) is 1. The minimum atomic E-state index is -0.223. The summed E-state index contributed by atoms with van der Waals surface area (Å²) in [6, 6.07) is 56.4. The largest absolute Gasteiger partial charge is 0.311 e. The first kappa shape index (κ1) is 37.8. The molecule has 1 heteroatoms. The van der Waals surface area contributed by atoms with Gasteiger partial charge in [0.2, 0.25) is 0 Å². The average Bonchev–Trinajstić information content (AvgIpc) is 3.62. The molecule has 10 rings (SSSR count). The minimum Gasteiger partial charge on any atom is -0.311 e. The molecule has 0 amide bonds. The second-order valence-corrected chi connectivity index (χ2v) is 18.2. The zero-order valence-corrected chi connectivity index (χ0v) is 36.0. The van der Waals surface area contributed by atoms with Gasteiger partial charge in [0.25, 0.3) is 0 Å². The lowest BCUT2D eigenvalue weighted by molar-refractivity contribution is 0.526. The van der Waals surface area contributed by atoms with E-state index >= 15 is 0 Å². The second kappa shape index (κ2) is 14.1. The zero-order chi connectivity index (χ0) is 41.5. The van der Waals surface area contributed by atoms with Gasteiger partial charge in [-0.2, -0.15) is 0 Å². The van der Waals surface area contributed by atoms with Crippen molar-refractivity contribution >= 4 is 27.7 Å². The van der Waals surface area contributed by atoms with E-state index in [1.54, 1.807) is 0 Å². The third kappa shape index (κ3) is 5.74. The van der Waals surface area contributed by atoms with Gasteiger partial charge in [-0.15, -0.1) is 0 Å². The minimum absolute atomic E-state index is 0.201. The molecule has 0 saturated carbocycles. The number of fused-ring (bicyclic) bond motifs is 7. The van der Waals surface area contributed by atoms with Gasteiger partial charge in [0.15, 0.2) is 0 Å². The van der Waals surface area contributed by atoms with E-state index in [1.807, 2.05) is 0 Å². The third-order valence-electron chi connectivity index (χ3n) is 14.0. The van der Waals surface area contributed by atoms with E-state index in [9.17, 15) is 0 Å². The van der Waals surface area contributed by atoms with Gasteiger partial charge < -0.3 is 4.90 Å². The predicted octanol–water partition coefficient (Wildman–Crippen LogP) is 16.0. The number of hydrogen-bond acceptors (Lipinski definition) is 1. The van der Waals surface area contributed by atoms with Crippen LogP contribution in [0.2, 0.25) is 0 Å². The quantitative estimate of drug-likeness (QED) is 0.163. The molecule has 60 heavy (non-hydrogen) atoms. The molecule has 0 heterocycles. The topological polar surface area (TPSA) is 3.24 Å². The van der Waals surface area contributed by atoms with Gasteiger partial charge in [-0.3, -0.25) is 0 Å². The lowest BCUT2D eigenvalue weighted by Crippen LogP contribution is -2.21. The maximum atomic E-state index is 4.95. The van der Waals surface area contributed by atoms with E-state index in [4.69, 9.17) is 6.58 Å². The van der Waals surface area contributed by atoms with Gasteiger partial charge in [0.05, 0.1) is 0 Å². The van der Waals surface area contributed by atoms with Gasteiger partial charge in [0, 0.05) is 33.8 Å². The Kier molecular flexibility index (Phi) is 8.88.